The van der Waals surface area contributed by atoms with Crippen molar-refractivity contribution in [3.63, 3.8) is 0 Å². The summed E-state index contributed by atoms with van der Waals surface area (Å²) < 4.78 is 1.96. The highest BCUT2D eigenvalue weighted by atomic mass is 35.5. The number of aromatic nitrogens is 4. The first-order chi connectivity index (χ1) is 7.09. The van der Waals surface area contributed by atoms with Crippen LogP contribution < -0.4 is 0 Å². The smallest absolute Gasteiger partial charge is 0.161 e. The van der Waals surface area contributed by atoms with Crippen molar-refractivity contribution in [1.29, 1.82) is 0 Å². The van der Waals surface area contributed by atoms with E-state index in [9.17, 15) is 0 Å². The normalized spacial score (nSPS) is 10.7. The standard InChI is InChI=1S/C10H11ClN4/c1-6-7(2)15(8(3)12-6)10-5-4-9(11)13-14-10/h4-5H,1-3H3. The summed E-state index contributed by atoms with van der Waals surface area (Å²) in [6, 6.07) is 3.55. The fourth-order valence-electron chi connectivity index (χ4n) is 1.54. The van der Waals surface area contributed by atoms with Crippen molar-refractivity contribution >= 4 is 11.6 Å². The average Bonchev–Trinajstić information content (AvgIpc) is 2.44. The van der Waals surface area contributed by atoms with Gasteiger partial charge in [-0.15, -0.1) is 10.2 Å². The minimum Gasteiger partial charge on any atom is -0.284 e. The van der Waals surface area contributed by atoms with E-state index in [1.165, 1.54) is 0 Å². The molecule has 2 rings (SSSR count). The predicted molar refractivity (Wildman–Crippen MR) is 58.4 cm³/mol. The van der Waals surface area contributed by atoms with Crippen LogP contribution in [0.25, 0.3) is 5.82 Å². The van der Waals surface area contributed by atoms with Crippen LogP contribution in [0.4, 0.5) is 0 Å². The molecule has 0 fully saturated rings. The monoisotopic (exact) mass is 222 g/mol. The lowest BCUT2D eigenvalue weighted by atomic mass is 10.4. The molecule has 0 spiro atoms. The van der Waals surface area contributed by atoms with Crippen molar-refractivity contribution in [2.75, 3.05) is 0 Å². The van der Waals surface area contributed by atoms with Crippen LogP contribution in [-0.4, -0.2) is 19.7 Å². The zero-order chi connectivity index (χ0) is 11.0. The maximum atomic E-state index is 5.69. The third kappa shape index (κ3) is 1.72. The molecule has 5 heteroatoms. The van der Waals surface area contributed by atoms with Gasteiger partial charge in [0.05, 0.1) is 5.69 Å². The summed E-state index contributed by atoms with van der Waals surface area (Å²) in [6.45, 7) is 5.92. The molecule has 0 aromatic carbocycles. The molecule has 0 amide bonds. The largest absolute Gasteiger partial charge is 0.284 e. The lowest BCUT2D eigenvalue weighted by molar-refractivity contribution is 0.858. The second kappa shape index (κ2) is 3.62. The number of nitrogens with zero attached hydrogens (tertiary/aromatic N) is 4. The van der Waals surface area contributed by atoms with Crippen molar-refractivity contribution in [3.05, 3.63) is 34.5 Å². The van der Waals surface area contributed by atoms with E-state index in [0.717, 1.165) is 23.0 Å². The van der Waals surface area contributed by atoms with Crippen LogP contribution in [0.2, 0.25) is 5.15 Å². The van der Waals surface area contributed by atoms with Crippen LogP contribution in [0.15, 0.2) is 12.1 Å². The van der Waals surface area contributed by atoms with Gasteiger partial charge in [0, 0.05) is 5.69 Å². The summed E-state index contributed by atoms with van der Waals surface area (Å²) in [6.07, 6.45) is 0. The van der Waals surface area contributed by atoms with Gasteiger partial charge >= 0.3 is 0 Å². The Kier molecular flexibility index (Phi) is 2.44. The van der Waals surface area contributed by atoms with Crippen molar-refractivity contribution in [1.82, 2.24) is 19.7 Å². The van der Waals surface area contributed by atoms with Gasteiger partial charge in [0.15, 0.2) is 11.0 Å². The summed E-state index contributed by atoms with van der Waals surface area (Å²) in [7, 11) is 0. The zero-order valence-electron chi connectivity index (χ0n) is 8.82. The van der Waals surface area contributed by atoms with E-state index in [-0.39, 0.29) is 0 Å². The zero-order valence-corrected chi connectivity index (χ0v) is 9.58. The Morgan fingerprint density at radius 1 is 1.13 bits per heavy atom. The van der Waals surface area contributed by atoms with Gasteiger partial charge in [0.2, 0.25) is 0 Å². The molecular weight excluding hydrogens is 212 g/mol. The summed E-state index contributed by atoms with van der Waals surface area (Å²) in [4.78, 5) is 4.37. The summed E-state index contributed by atoms with van der Waals surface area (Å²) in [5.74, 6) is 1.65. The van der Waals surface area contributed by atoms with E-state index in [0.29, 0.717) is 5.15 Å². The van der Waals surface area contributed by atoms with Crippen LogP contribution in [0, 0.1) is 20.8 Å². The molecule has 2 aromatic heterocycles. The van der Waals surface area contributed by atoms with Gasteiger partial charge in [0.1, 0.15) is 5.82 Å². The van der Waals surface area contributed by atoms with Gasteiger partial charge in [-0.1, -0.05) is 11.6 Å². The maximum absolute atomic E-state index is 5.69. The highest BCUT2D eigenvalue weighted by molar-refractivity contribution is 6.29. The first-order valence-corrected chi connectivity index (χ1v) is 4.99. The van der Waals surface area contributed by atoms with Gasteiger partial charge in [-0.05, 0) is 32.9 Å². The third-order valence-corrected chi connectivity index (χ3v) is 2.56. The second-order valence-corrected chi connectivity index (χ2v) is 3.77. The molecule has 0 unspecified atom stereocenters. The van der Waals surface area contributed by atoms with E-state index in [1.807, 2.05) is 31.4 Å². The first-order valence-electron chi connectivity index (χ1n) is 4.61. The Labute approximate surface area is 92.9 Å². The summed E-state index contributed by atoms with van der Waals surface area (Å²) in [5, 5.41) is 8.23. The molecule has 0 aliphatic carbocycles. The van der Waals surface area contributed by atoms with E-state index < -0.39 is 0 Å². The molecule has 2 aromatic rings. The van der Waals surface area contributed by atoms with Crippen molar-refractivity contribution in [2.45, 2.75) is 20.8 Å². The number of imidazole rings is 1. The van der Waals surface area contributed by atoms with Crippen LogP contribution in [0.5, 0.6) is 0 Å². The van der Waals surface area contributed by atoms with Crippen molar-refractivity contribution in [3.8, 4) is 5.82 Å². The quantitative estimate of drug-likeness (QED) is 0.743. The topological polar surface area (TPSA) is 43.6 Å². The highest BCUT2D eigenvalue weighted by Gasteiger charge is 2.10. The number of hydrogen-bond acceptors (Lipinski definition) is 3. The fraction of sp³-hybridized carbons (Fsp3) is 0.300. The van der Waals surface area contributed by atoms with E-state index in [2.05, 4.69) is 15.2 Å². The molecule has 78 valence electrons. The first kappa shape index (κ1) is 10.1. The highest BCUT2D eigenvalue weighted by Crippen LogP contribution is 2.15. The minimum atomic E-state index is 0.394. The molecule has 0 radical (unpaired) electrons. The van der Waals surface area contributed by atoms with Crippen molar-refractivity contribution in [2.24, 2.45) is 0 Å². The van der Waals surface area contributed by atoms with Crippen molar-refractivity contribution < 1.29 is 0 Å². The van der Waals surface area contributed by atoms with Gasteiger partial charge in [-0.2, -0.15) is 0 Å². The second-order valence-electron chi connectivity index (χ2n) is 3.38. The average molecular weight is 223 g/mol. The lowest BCUT2D eigenvalue weighted by Crippen LogP contribution is -2.03. The lowest BCUT2D eigenvalue weighted by Gasteiger charge is -2.05. The van der Waals surface area contributed by atoms with Gasteiger partial charge in [0.25, 0.3) is 0 Å². The molecule has 0 atom stereocenters. The Hall–Kier alpha value is -1.42. The van der Waals surface area contributed by atoms with E-state index >= 15 is 0 Å². The van der Waals surface area contributed by atoms with Gasteiger partial charge in [-0.25, -0.2) is 4.98 Å². The maximum Gasteiger partial charge on any atom is 0.161 e. The number of aryl methyl sites for hydroxylation is 2. The summed E-state index contributed by atoms with van der Waals surface area (Å²) in [5.41, 5.74) is 2.08. The third-order valence-electron chi connectivity index (χ3n) is 2.36. The van der Waals surface area contributed by atoms with Gasteiger partial charge in [-0.3, -0.25) is 4.57 Å². The SMILES string of the molecule is Cc1nc(C)n(-c2ccc(Cl)nn2)c1C. The van der Waals surface area contributed by atoms with Crippen LogP contribution in [-0.2, 0) is 0 Å². The molecule has 4 nitrogen and oxygen atoms in total. The molecular formula is C10H11ClN4. The Balaban J connectivity index is 2.58. The number of rotatable bonds is 1. The van der Waals surface area contributed by atoms with Crippen LogP contribution >= 0.6 is 11.6 Å². The Morgan fingerprint density at radius 2 is 1.87 bits per heavy atom. The summed E-state index contributed by atoms with van der Waals surface area (Å²) >= 11 is 5.69. The van der Waals surface area contributed by atoms with Crippen LogP contribution in [0.3, 0.4) is 0 Å². The molecule has 0 aliphatic heterocycles. The number of hydrogen-bond donors (Lipinski definition) is 0. The fourth-order valence-corrected chi connectivity index (χ4v) is 1.64. The van der Waals surface area contributed by atoms with E-state index in [4.69, 9.17) is 11.6 Å². The molecule has 0 aliphatic rings. The molecule has 0 bridgehead atoms. The molecule has 0 N–H and O–H groups in total. The predicted octanol–water partition coefficient (Wildman–Crippen LogP) is 2.24. The molecule has 15 heavy (non-hydrogen) atoms. The molecule has 2 heterocycles. The molecule has 0 saturated carbocycles. The molecule has 0 saturated heterocycles. The number of halogens is 1. The minimum absolute atomic E-state index is 0.394. The van der Waals surface area contributed by atoms with Crippen LogP contribution in [0.1, 0.15) is 17.2 Å². The van der Waals surface area contributed by atoms with Gasteiger partial charge < -0.3 is 0 Å². The Morgan fingerprint density at radius 3 is 2.33 bits per heavy atom. The van der Waals surface area contributed by atoms with E-state index in [1.54, 1.807) is 6.07 Å². The Bertz CT molecular complexity index is 487.